The number of pyridine rings is 4. The van der Waals surface area contributed by atoms with Crippen LogP contribution in [0.3, 0.4) is 0 Å². The quantitative estimate of drug-likeness (QED) is 0.0362. The van der Waals surface area contributed by atoms with Crippen molar-refractivity contribution in [3.63, 3.8) is 0 Å². The van der Waals surface area contributed by atoms with Gasteiger partial charge in [-0.1, -0.05) is 133 Å². The number of hydrogen-bond donors (Lipinski definition) is 4. The fraction of sp³-hybridized carbons (Fsp3) is 0.481. The number of alkyl halides is 8. The van der Waals surface area contributed by atoms with Crippen LogP contribution in [-0.4, -0.2) is 123 Å². The van der Waals surface area contributed by atoms with Gasteiger partial charge in [0.15, 0.2) is 0 Å². The second-order valence-electron chi connectivity index (χ2n) is 42.1. The van der Waals surface area contributed by atoms with Crippen LogP contribution in [0.25, 0.3) is 11.1 Å². The number of aromatic nitrogens is 4. The smallest absolute Gasteiger partial charge is 0.422 e. The Morgan fingerprint density at radius 1 is 0.364 bits per heavy atom. The minimum absolute atomic E-state index is 0.0106. The number of hydrogen-bond acceptors (Lipinski definition) is 16. The molecule has 4 saturated heterocycles. The number of rotatable bonds is 22. The van der Waals surface area contributed by atoms with Crippen molar-refractivity contribution < 1.29 is 92.4 Å². The number of carbonyl (C=O) groups excluding carboxylic acids is 8. The summed E-state index contributed by atoms with van der Waals surface area (Å²) in [5.74, 6) is -12.9. The van der Waals surface area contributed by atoms with Gasteiger partial charge in [0, 0.05) is 156 Å². The fourth-order valence-corrected chi connectivity index (χ4v) is 17.7. The van der Waals surface area contributed by atoms with Gasteiger partial charge >= 0.3 is 24.4 Å². The highest BCUT2D eigenvalue weighted by molar-refractivity contribution is 5.96. The molecule has 4 aromatic heterocycles. The summed E-state index contributed by atoms with van der Waals surface area (Å²) in [5, 5.41) is 5.85. The van der Waals surface area contributed by atoms with Crippen molar-refractivity contribution in [3.05, 3.63) is 289 Å². The van der Waals surface area contributed by atoms with Crippen LogP contribution in [0.1, 0.15) is 351 Å². The number of benzene rings is 4. The van der Waals surface area contributed by atoms with Crippen molar-refractivity contribution in [1.82, 2.24) is 39.5 Å². The summed E-state index contributed by atoms with van der Waals surface area (Å²) < 4.78 is 135. The zero-order valence-corrected chi connectivity index (χ0v) is 81.9. The molecule has 4 aromatic carbocycles. The Kier molecular flexibility index (Phi) is 30.9. The Bertz CT molecular complexity index is 6290. The summed E-state index contributed by atoms with van der Waals surface area (Å²) in [7, 11) is 0. The van der Waals surface area contributed by atoms with E-state index in [1.807, 2.05) is 30.3 Å². The van der Waals surface area contributed by atoms with E-state index in [0.717, 1.165) is 132 Å². The fourth-order valence-electron chi connectivity index (χ4n) is 17.7. The van der Waals surface area contributed by atoms with Gasteiger partial charge in [0.25, 0.3) is 45.9 Å². The second kappa shape index (κ2) is 41.3. The number of nitrogens with zero attached hydrogens (tertiary/aromatic N) is 4. The van der Waals surface area contributed by atoms with Crippen LogP contribution in [0, 0.1) is 0 Å². The van der Waals surface area contributed by atoms with E-state index >= 15 is 0 Å². The molecule has 4 aliphatic carbocycles. The van der Waals surface area contributed by atoms with Gasteiger partial charge in [0.1, 0.15) is 22.4 Å². The van der Waals surface area contributed by atoms with Crippen LogP contribution < -0.4 is 32.9 Å². The number of amides is 6. The second-order valence-corrected chi connectivity index (χ2v) is 42.1. The highest BCUT2D eigenvalue weighted by atomic mass is 19.3. The maximum atomic E-state index is 14.1. The lowest BCUT2D eigenvalue weighted by atomic mass is 9.86. The first kappa shape index (κ1) is 105. The van der Waals surface area contributed by atoms with E-state index in [4.69, 9.17) is 18.9 Å². The summed E-state index contributed by atoms with van der Waals surface area (Å²) >= 11 is 0. The highest BCUT2D eigenvalue weighted by Gasteiger charge is 2.45. The molecule has 4 saturated carbocycles. The van der Waals surface area contributed by atoms with Crippen molar-refractivity contribution in [2.45, 2.75) is 332 Å². The lowest BCUT2D eigenvalue weighted by Crippen LogP contribution is -2.43. The standard InChI is InChI=1S/C32H40F2N2O6.C32H38F2N2O6.C22H24F2N2O2.C22H22F2N2O2/c2*1-30(2,3)41-28(39)35-22(14-17-26(35)37)18-24(20-10-12-21(13-11-20)32(7,33)34)25-16-15-23(19-8-9-19)27(38)36(25)29(40)42-31(4,5)6;2*1-22(23,24)15-6-4-14(5-7-15)18(12-16-8-11-20(27)25-16)19-10-9-17(13-2-3-13)21(28)26-19/h10-13,15-16,19,22,24H,8-9,14,17-18H2,1-7H3;10-13,15-16,18-19,22H,8-9,14,17H2,1-7H3;4-7,9-10,13,16,18H,2-3,8,11-12H2,1H3,(H,25,27)(H,26,28);4-7,9-10,12-13,16H,2-3,8,11H2,1H3,(H,25,27)(H,26,28)/b;24-18-;;18-12-/t22-,24-;22-;16-,18-;16-/m1111/s1. The molecule has 748 valence electrons. The molecule has 24 nitrogen and oxygen atoms in total. The molecule has 32 heteroatoms. The summed E-state index contributed by atoms with van der Waals surface area (Å²) in [6.45, 7) is 23.7. The monoisotopic (exact) mass is 1940 g/mol. The van der Waals surface area contributed by atoms with E-state index in [-0.39, 0.29) is 118 Å². The topological polar surface area (TPSA) is 314 Å². The van der Waals surface area contributed by atoms with E-state index in [1.54, 1.807) is 138 Å². The zero-order valence-electron chi connectivity index (χ0n) is 81.9. The van der Waals surface area contributed by atoms with Crippen molar-refractivity contribution >= 4 is 59.1 Å². The largest absolute Gasteiger partial charge is 0.443 e. The van der Waals surface area contributed by atoms with Crippen LogP contribution in [0.2, 0.25) is 0 Å². The van der Waals surface area contributed by atoms with Gasteiger partial charge in [0.2, 0.25) is 23.6 Å². The van der Waals surface area contributed by atoms with E-state index < -0.39 is 105 Å². The third kappa shape index (κ3) is 27.1. The molecular weight excluding hydrogens is 1820 g/mol. The summed E-state index contributed by atoms with van der Waals surface area (Å²) in [4.78, 5) is 163. The Morgan fingerprint density at radius 2 is 0.750 bits per heavy atom. The van der Waals surface area contributed by atoms with Gasteiger partial charge in [-0.25, -0.2) is 73.2 Å². The molecule has 8 heterocycles. The lowest BCUT2D eigenvalue weighted by Gasteiger charge is -2.31. The lowest BCUT2D eigenvalue weighted by molar-refractivity contribution is -0.129. The van der Waals surface area contributed by atoms with E-state index in [0.29, 0.717) is 83.0 Å². The van der Waals surface area contributed by atoms with Crippen molar-refractivity contribution in [2.75, 3.05) is 0 Å². The third-order valence-electron chi connectivity index (χ3n) is 25.3. The molecule has 0 spiro atoms. The first-order valence-electron chi connectivity index (χ1n) is 47.9. The SMILES string of the molecule is CC(C)(C)OC(=O)N1C(=O)CC[C@@H]1/C=C(/c1ccc(C(C)(F)F)cc1)c1ccc(C2CC2)c(=O)n1C(=O)OC(C)(C)C.CC(C)(C)OC(=O)N1C(=O)CC[C@@H]1C[C@H](c1ccc(C(C)(F)F)cc1)c1ccc(C2CC2)c(=O)n1C(=O)OC(C)(C)C.CC(F)(F)c1ccc(/C(=C/[C@H]2CCC(=O)N2)c2ccc(C3CC3)c(=O)[nH]2)cc1.CC(F)(F)c1ccc([C@@H](C[C@H]2CCC(=O)N2)c2ccc(C3CC3)c(=O)[nH]2)cc1. The Hall–Kier alpha value is -12.6. The van der Waals surface area contributed by atoms with Gasteiger partial charge in [-0.05, 0) is 243 Å². The summed E-state index contributed by atoms with van der Waals surface area (Å²) in [5.41, 5.74) is 2.75. The van der Waals surface area contributed by atoms with Gasteiger partial charge in [-0.3, -0.25) is 38.4 Å². The number of H-pyrrole nitrogens is 2. The average Bonchev–Trinajstić information content (AvgIpc) is 1.41. The van der Waals surface area contributed by atoms with Crippen LogP contribution in [0.15, 0.2) is 177 Å². The molecule has 8 fully saturated rings. The molecule has 8 aliphatic rings. The Balaban J connectivity index is 0.000000160. The van der Waals surface area contributed by atoms with E-state index in [2.05, 4.69) is 20.6 Å². The summed E-state index contributed by atoms with van der Waals surface area (Å²) in [6.07, 6.45) is 11.6. The number of ether oxygens (including phenoxy) is 4. The first-order valence-corrected chi connectivity index (χ1v) is 47.9. The molecule has 0 bridgehead atoms. The molecule has 4 N–H and O–H groups in total. The number of nitrogens with one attached hydrogen (secondary N) is 4. The van der Waals surface area contributed by atoms with Gasteiger partial charge in [-0.15, -0.1) is 0 Å². The molecule has 16 rings (SSSR count). The van der Waals surface area contributed by atoms with Crippen LogP contribution >= 0.6 is 0 Å². The molecule has 6 atom stereocenters. The number of aromatic amines is 2. The predicted octanol–water partition coefficient (Wildman–Crippen LogP) is 22.3. The van der Waals surface area contributed by atoms with Gasteiger partial charge < -0.3 is 39.5 Å². The van der Waals surface area contributed by atoms with Crippen LogP contribution in [-0.2, 0) is 61.8 Å². The number of likely N-dealkylation sites (tertiary alicyclic amines) is 2. The highest BCUT2D eigenvalue weighted by Crippen LogP contribution is 2.46. The predicted molar refractivity (Wildman–Crippen MR) is 512 cm³/mol. The molecule has 4 aliphatic heterocycles. The van der Waals surface area contributed by atoms with Gasteiger partial charge in [-0.2, -0.15) is 0 Å². The summed E-state index contributed by atoms with van der Waals surface area (Å²) in [6, 6.07) is 36.2. The molecule has 140 heavy (non-hydrogen) atoms. The average molecular weight is 1940 g/mol. The normalized spacial score (nSPS) is 19.3. The minimum atomic E-state index is -3.09. The van der Waals surface area contributed by atoms with Crippen LogP contribution in [0.5, 0.6) is 0 Å². The Labute approximate surface area is 807 Å². The molecule has 0 radical (unpaired) electrons. The van der Waals surface area contributed by atoms with Crippen molar-refractivity contribution in [2.24, 2.45) is 0 Å². The molecule has 0 unspecified atom stereocenters. The number of carbonyl (C=O) groups is 8. The van der Waals surface area contributed by atoms with Crippen molar-refractivity contribution in [1.29, 1.82) is 0 Å². The maximum absolute atomic E-state index is 14.1. The molecule has 6 amide bonds. The van der Waals surface area contributed by atoms with E-state index in [9.17, 15) is 92.7 Å². The van der Waals surface area contributed by atoms with Crippen LogP contribution in [0.4, 0.5) is 54.3 Å². The van der Waals surface area contributed by atoms with E-state index in [1.165, 1.54) is 72.8 Å². The molecule has 8 aromatic rings. The number of imide groups is 2. The van der Waals surface area contributed by atoms with Gasteiger partial charge in [0.05, 0.1) is 11.7 Å². The third-order valence-corrected chi connectivity index (χ3v) is 25.3. The Morgan fingerprint density at radius 3 is 1.19 bits per heavy atom. The number of halogens is 8. The zero-order chi connectivity index (χ0) is 102. The minimum Gasteiger partial charge on any atom is -0.443 e. The maximum Gasteiger partial charge on any atom is 0.422 e. The van der Waals surface area contributed by atoms with Crippen molar-refractivity contribution in [3.8, 4) is 0 Å². The first-order chi connectivity index (χ1) is 65.3. The molecular formula is C108H124F8N8O16.